The minimum absolute atomic E-state index is 0.475. The molecule has 1 aliphatic heterocycles. The SMILES string of the molecule is C=C/C(=C\C=NC)OC1=CC=C(Nc2nn3c(c2CC)N=C(SC)CC(C#N)=C3CC(=C)/C=C\C=C/C)CC=C1. The first kappa shape index (κ1) is 30.2. The molecule has 8 heteroatoms. The Morgan fingerprint density at radius 3 is 2.85 bits per heavy atom. The van der Waals surface area contributed by atoms with Gasteiger partial charge < -0.3 is 10.1 Å². The number of thioether (sulfide) groups is 1. The van der Waals surface area contributed by atoms with Gasteiger partial charge in [-0.3, -0.25) is 4.99 Å². The maximum Gasteiger partial charge on any atom is 0.161 e. The maximum atomic E-state index is 10.1. The second-order valence-electron chi connectivity index (χ2n) is 8.83. The van der Waals surface area contributed by atoms with Crippen LogP contribution in [-0.2, 0) is 11.2 Å². The molecule has 7 nitrogen and oxygen atoms in total. The van der Waals surface area contributed by atoms with Gasteiger partial charge in [-0.15, -0.1) is 16.9 Å². The van der Waals surface area contributed by atoms with Crippen LogP contribution in [0.3, 0.4) is 0 Å². The highest BCUT2D eigenvalue weighted by molar-refractivity contribution is 8.13. The molecule has 3 rings (SSSR count). The number of ether oxygens (including phenoxy) is 1. The number of nitrogens with zero attached hydrogens (tertiary/aromatic N) is 5. The summed E-state index contributed by atoms with van der Waals surface area (Å²) in [6.45, 7) is 12.1. The van der Waals surface area contributed by atoms with E-state index in [1.165, 1.54) is 0 Å². The number of anilines is 1. The van der Waals surface area contributed by atoms with Crippen LogP contribution in [0, 0.1) is 11.3 Å². The van der Waals surface area contributed by atoms with Crippen molar-refractivity contribution in [3.8, 4) is 6.07 Å². The van der Waals surface area contributed by atoms with Gasteiger partial charge in [0.2, 0.25) is 0 Å². The molecule has 0 amide bonds. The minimum atomic E-state index is 0.475. The molecule has 206 valence electrons. The van der Waals surface area contributed by atoms with Crippen molar-refractivity contribution in [1.29, 1.82) is 5.26 Å². The number of aliphatic imine (C=N–C) groups is 2. The third-order valence-corrected chi connectivity index (χ3v) is 6.75. The van der Waals surface area contributed by atoms with E-state index < -0.39 is 0 Å². The van der Waals surface area contributed by atoms with E-state index in [9.17, 15) is 5.26 Å². The minimum Gasteiger partial charge on any atom is -0.457 e. The standard InChI is InChI=1S/C32H36N6OS/c1-7-10-11-13-23(4)20-29-24(22-33)21-30(40-6)36-32-28(9-3)31(37-38(29)32)35-25-14-12-15-27(17-16-25)39-26(8-2)18-19-34-5/h7-8,10-13,15-19H,2,4,9,14,20-21H2,1,3,5-6H3,(H,35,37)/b10-7-,13-11-,26-18+,34-19?. The second-order valence-corrected chi connectivity index (χ2v) is 9.71. The lowest BCUT2D eigenvalue weighted by Gasteiger charge is -2.11. The first-order chi connectivity index (χ1) is 19.5. The number of hydrogen-bond acceptors (Lipinski definition) is 7. The molecule has 1 aromatic rings. The number of nitriles is 1. The Labute approximate surface area is 241 Å². The summed E-state index contributed by atoms with van der Waals surface area (Å²) < 4.78 is 7.76. The molecule has 0 bridgehead atoms. The number of hydrogen-bond donors (Lipinski definition) is 1. The van der Waals surface area contributed by atoms with E-state index in [1.54, 1.807) is 37.2 Å². The number of allylic oxidation sites excluding steroid dienone is 13. The normalized spacial score (nSPS) is 15.9. The van der Waals surface area contributed by atoms with Crippen LogP contribution in [0.1, 0.15) is 38.7 Å². The van der Waals surface area contributed by atoms with Crippen molar-refractivity contribution in [3.05, 3.63) is 108 Å². The van der Waals surface area contributed by atoms with Gasteiger partial charge in [0.25, 0.3) is 0 Å². The van der Waals surface area contributed by atoms with Crippen molar-refractivity contribution in [2.45, 2.75) is 39.5 Å². The van der Waals surface area contributed by atoms with Gasteiger partial charge in [0.05, 0.1) is 22.4 Å². The molecule has 0 aromatic carbocycles. The molecule has 2 aliphatic rings. The van der Waals surface area contributed by atoms with E-state index in [0.717, 1.165) is 45.6 Å². The van der Waals surface area contributed by atoms with Gasteiger partial charge in [-0.25, -0.2) is 9.67 Å². The molecule has 0 radical (unpaired) electrons. The fourth-order valence-corrected chi connectivity index (χ4v) is 4.50. The fourth-order valence-electron chi connectivity index (χ4n) is 4.04. The van der Waals surface area contributed by atoms with Crippen molar-refractivity contribution >= 4 is 40.4 Å². The van der Waals surface area contributed by atoms with Crippen molar-refractivity contribution in [3.63, 3.8) is 0 Å². The summed E-state index contributed by atoms with van der Waals surface area (Å²) in [5, 5.41) is 19.5. The first-order valence-corrected chi connectivity index (χ1v) is 14.3. The second kappa shape index (κ2) is 15.3. The van der Waals surface area contributed by atoms with Crippen molar-refractivity contribution in [2.75, 3.05) is 18.6 Å². The first-order valence-electron chi connectivity index (χ1n) is 13.1. The van der Waals surface area contributed by atoms with E-state index in [2.05, 4.69) is 36.5 Å². The Bertz CT molecular complexity index is 1450. The predicted molar refractivity (Wildman–Crippen MR) is 171 cm³/mol. The highest BCUT2D eigenvalue weighted by atomic mass is 32.2. The van der Waals surface area contributed by atoms with E-state index >= 15 is 0 Å². The average Bonchev–Trinajstić information content (AvgIpc) is 3.06. The van der Waals surface area contributed by atoms with Crippen LogP contribution < -0.4 is 5.32 Å². The highest BCUT2D eigenvalue weighted by Crippen LogP contribution is 2.38. The summed E-state index contributed by atoms with van der Waals surface area (Å²) in [7, 11) is 1.70. The Morgan fingerprint density at radius 1 is 1.35 bits per heavy atom. The van der Waals surface area contributed by atoms with Crippen LogP contribution in [0.25, 0.3) is 5.70 Å². The Hall–Kier alpha value is -4.35. The van der Waals surface area contributed by atoms with Crippen LogP contribution in [0.5, 0.6) is 0 Å². The molecule has 0 unspecified atom stereocenters. The summed E-state index contributed by atoms with van der Waals surface area (Å²) in [5.74, 6) is 2.76. The maximum absolute atomic E-state index is 10.1. The third-order valence-electron chi connectivity index (χ3n) is 6.05. The zero-order chi connectivity index (χ0) is 28.9. The van der Waals surface area contributed by atoms with Gasteiger partial charge in [-0.05, 0) is 55.6 Å². The van der Waals surface area contributed by atoms with E-state index in [4.69, 9.17) is 14.8 Å². The predicted octanol–water partition coefficient (Wildman–Crippen LogP) is 7.98. The lowest BCUT2D eigenvalue weighted by atomic mass is 10.1. The molecule has 40 heavy (non-hydrogen) atoms. The van der Waals surface area contributed by atoms with Gasteiger partial charge in [0, 0.05) is 43.8 Å². The molecule has 0 spiro atoms. The average molecular weight is 553 g/mol. The zero-order valence-corrected chi connectivity index (χ0v) is 24.5. The Balaban J connectivity index is 2.00. The number of nitrogens with one attached hydrogen (secondary N) is 1. The third kappa shape index (κ3) is 7.84. The van der Waals surface area contributed by atoms with Gasteiger partial charge in [-0.1, -0.05) is 50.5 Å². The molecule has 0 saturated carbocycles. The summed E-state index contributed by atoms with van der Waals surface area (Å²) in [6, 6.07) is 2.41. The van der Waals surface area contributed by atoms with Crippen molar-refractivity contribution in [1.82, 2.24) is 9.78 Å². The van der Waals surface area contributed by atoms with Crippen LogP contribution >= 0.6 is 11.8 Å². The van der Waals surface area contributed by atoms with E-state index in [0.29, 0.717) is 36.4 Å². The van der Waals surface area contributed by atoms with E-state index in [-0.39, 0.29) is 0 Å². The van der Waals surface area contributed by atoms with Gasteiger partial charge in [0.15, 0.2) is 11.6 Å². The summed E-state index contributed by atoms with van der Waals surface area (Å²) in [4.78, 5) is 8.93. The summed E-state index contributed by atoms with van der Waals surface area (Å²) in [6.07, 6.45) is 25.1. The Kier molecular flexibility index (Phi) is 11.5. The number of rotatable bonds is 11. The lowest BCUT2D eigenvalue weighted by Crippen LogP contribution is -2.05. The number of fused-ring (bicyclic) bond motifs is 1. The van der Waals surface area contributed by atoms with Crippen LogP contribution in [0.4, 0.5) is 11.6 Å². The van der Waals surface area contributed by atoms with Gasteiger partial charge in [0.1, 0.15) is 11.5 Å². The quantitative estimate of drug-likeness (QED) is 0.171. The molecular formula is C32H36N6OS. The summed E-state index contributed by atoms with van der Waals surface area (Å²) in [5.41, 5.74) is 4.27. The topological polar surface area (TPSA) is 87.6 Å². The zero-order valence-electron chi connectivity index (χ0n) is 23.6. The molecule has 2 heterocycles. The molecule has 0 saturated heterocycles. The molecular weight excluding hydrogens is 516 g/mol. The van der Waals surface area contributed by atoms with Crippen LogP contribution in [0.2, 0.25) is 0 Å². The fraction of sp³-hybridized carbons (Fsp3) is 0.250. The summed E-state index contributed by atoms with van der Waals surface area (Å²) >= 11 is 1.55. The molecule has 1 aliphatic carbocycles. The van der Waals surface area contributed by atoms with Gasteiger partial charge >= 0.3 is 0 Å². The number of aromatic nitrogens is 2. The molecule has 0 fully saturated rings. The Morgan fingerprint density at radius 2 is 2.17 bits per heavy atom. The van der Waals surface area contributed by atoms with Crippen LogP contribution in [0.15, 0.2) is 112 Å². The van der Waals surface area contributed by atoms with Crippen molar-refractivity contribution in [2.24, 2.45) is 9.98 Å². The van der Waals surface area contributed by atoms with E-state index in [1.807, 2.05) is 66.5 Å². The largest absolute Gasteiger partial charge is 0.457 e. The molecule has 1 aromatic heterocycles. The molecule has 1 N–H and O–H groups in total. The highest BCUT2D eigenvalue weighted by Gasteiger charge is 2.25. The van der Waals surface area contributed by atoms with Crippen molar-refractivity contribution < 1.29 is 4.74 Å². The van der Waals surface area contributed by atoms with Crippen LogP contribution in [-0.4, -0.2) is 34.3 Å². The molecule has 0 atom stereocenters. The lowest BCUT2D eigenvalue weighted by molar-refractivity contribution is 0.337. The smallest absolute Gasteiger partial charge is 0.161 e. The monoisotopic (exact) mass is 552 g/mol. The van der Waals surface area contributed by atoms with Gasteiger partial charge in [-0.2, -0.15) is 5.26 Å².